The van der Waals surface area contributed by atoms with E-state index in [0.717, 1.165) is 23.3 Å². The van der Waals surface area contributed by atoms with E-state index in [1.807, 2.05) is 24.3 Å². The van der Waals surface area contributed by atoms with Gasteiger partial charge in [0.2, 0.25) is 11.8 Å². The van der Waals surface area contributed by atoms with Crippen molar-refractivity contribution in [3.05, 3.63) is 70.8 Å². The number of benzene rings is 2. The first-order valence-electron chi connectivity index (χ1n) is 7.89. The van der Waals surface area contributed by atoms with Crippen LogP contribution in [0, 0.1) is 0 Å². The molecule has 0 fully saturated rings. The molecule has 2 aromatic carbocycles. The summed E-state index contributed by atoms with van der Waals surface area (Å²) in [6.45, 7) is 0.458. The number of aryl methyl sites for hydroxylation is 1. The van der Waals surface area contributed by atoms with Gasteiger partial charge in [-0.15, -0.1) is 11.8 Å². The van der Waals surface area contributed by atoms with Crippen molar-refractivity contribution in [2.24, 2.45) is 5.73 Å². The van der Waals surface area contributed by atoms with Crippen LogP contribution in [-0.2, 0) is 17.8 Å². The maximum atomic E-state index is 12.9. The molecule has 4 nitrogen and oxygen atoms in total. The van der Waals surface area contributed by atoms with E-state index in [-0.39, 0.29) is 11.2 Å². The predicted octanol–water partition coefficient (Wildman–Crippen LogP) is 2.77. The van der Waals surface area contributed by atoms with E-state index in [1.165, 1.54) is 5.56 Å². The van der Waals surface area contributed by atoms with Gasteiger partial charge in [-0.05, 0) is 41.0 Å². The van der Waals surface area contributed by atoms with Gasteiger partial charge in [-0.25, -0.2) is 0 Å². The highest BCUT2D eigenvalue weighted by molar-refractivity contribution is 8.00. The number of primary amides is 1. The zero-order chi connectivity index (χ0) is 17.1. The molecule has 0 saturated carbocycles. The fourth-order valence-corrected chi connectivity index (χ4v) is 4.28. The molecule has 2 N–H and O–H groups in total. The Kier molecular flexibility index (Phi) is 4.90. The number of amides is 2. The first-order chi connectivity index (χ1) is 11.6. The van der Waals surface area contributed by atoms with Crippen molar-refractivity contribution in [1.82, 2.24) is 4.90 Å². The molecule has 24 heavy (non-hydrogen) atoms. The smallest absolute Gasteiger partial charge is 0.248 e. The van der Waals surface area contributed by atoms with Crippen molar-refractivity contribution in [1.29, 1.82) is 0 Å². The Morgan fingerprint density at radius 2 is 2.00 bits per heavy atom. The first kappa shape index (κ1) is 16.6. The number of hydrogen-bond donors (Lipinski definition) is 1. The van der Waals surface area contributed by atoms with E-state index in [0.29, 0.717) is 12.1 Å². The highest BCUT2D eigenvalue weighted by Gasteiger charge is 2.29. The summed E-state index contributed by atoms with van der Waals surface area (Å²) >= 11 is 1.70. The minimum Gasteiger partial charge on any atom is -0.366 e. The Morgan fingerprint density at radius 1 is 1.21 bits per heavy atom. The van der Waals surface area contributed by atoms with Crippen LogP contribution < -0.4 is 5.73 Å². The molecule has 0 radical (unpaired) electrons. The standard InChI is InChI=1S/C19H20N2O2S/c1-21(12-13-5-4-7-15(11-13)18(20)22)19(23)17-16-8-3-2-6-14(16)9-10-24-17/h2-8,11,17H,9-10,12H2,1H3,(H2,20,22). The third-order valence-corrected chi connectivity index (χ3v) is 5.45. The highest BCUT2D eigenvalue weighted by atomic mass is 32.2. The molecule has 5 heteroatoms. The molecule has 0 aliphatic carbocycles. The number of carbonyl (C=O) groups is 2. The number of rotatable bonds is 4. The topological polar surface area (TPSA) is 63.4 Å². The summed E-state index contributed by atoms with van der Waals surface area (Å²) in [7, 11) is 1.80. The second kappa shape index (κ2) is 7.09. The van der Waals surface area contributed by atoms with E-state index in [4.69, 9.17) is 5.73 Å². The second-order valence-electron chi connectivity index (χ2n) is 5.96. The minimum absolute atomic E-state index is 0.0941. The van der Waals surface area contributed by atoms with Crippen LogP contribution in [0.25, 0.3) is 0 Å². The van der Waals surface area contributed by atoms with Crippen molar-refractivity contribution >= 4 is 23.6 Å². The van der Waals surface area contributed by atoms with Crippen molar-refractivity contribution < 1.29 is 9.59 Å². The molecule has 3 rings (SSSR count). The Hall–Kier alpha value is -2.27. The molecule has 1 heterocycles. The van der Waals surface area contributed by atoms with Gasteiger partial charge in [0.15, 0.2) is 0 Å². The molecular weight excluding hydrogens is 320 g/mol. The van der Waals surface area contributed by atoms with E-state index >= 15 is 0 Å². The largest absolute Gasteiger partial charge is 0.366 e. The third kappa shape index (κ3) is 3.46. The van der Waals surface area contributed by atoms with E-state index in [2.05, 4.69) is 6.07 Å². The molecular formula is C19H20N2O2S. The number of carbonyl (C=O) groups excluding carboxylic acids is 2. The summed E-state index contributed by atoms with van der Waals surface area (Å²) in [5.74, 6) is 0.595. The molecule has 124 valence electrons. The van der Waals surface area contributed by atoms with Crippen LogP contribution >= 0.6 is 11.8 Å². The minimum atomic E-state index is -0.456. The molecule has 2 amide bonds. The molecule has 0 bridgehead atoms. The lowest BCUT2D eigenvalue weighted by atomic mass is 10.0. The van der Waals surface area contributed by atoms with Crippen LogP contribution in [0.2, 0.25) is 0 Å². The fourth-order valence-electron chi connectivity index (χ4n) is 2.97. The number of nitrogens with two attached hydrogens (primary N) is 1. The quantitative estimate of drug-likeness (QED) is 0.931. The van der Waals surface area contributed by atoms with Crippen molar-refractivity contribution in [2.75, 3.05) is 12.8 Å². The number of nitrogens with zero attached hydrogens (tertiary/aromatic N) is 1. The van der Waals surface area contributed by atoms with Gasteiger partial charge in [-0.3, -0.25) is 9.59 Å². The molecule has 2 aromatic rings. The zero-order valence-electron chi connectivity index (χ0n) is 13.6. The van der Waals surface area contributed by atoms with Crippen LogP contribution in [0.5, 0.6) is 0 Å². The third-order valence-electron chi connectivity index (χ3n) is 4.23. The Balaban J connectivity index is 1.76. The van der Waals surface area contributed by atoms with Crippen LogP contribution in [0.3, 0.4) is 0 Å². The molecule has 0 aromatic heterocycles. The molecule has 0 spiro atoms. The number of likely N-dealkylation sites (N-methyl/N-ethyl adjacent to an activating group) is 1. The Labute approximate surface area is 146 Å². The van der Waals surface area contributed by atoms with Gasteiger partial charge in [0, 0.05) is 19.2 Å². The van der Waals surface area contributed by atoms with E-state index < -0.39 is 5.91 Å². The van der Waals surface area contributed by atoms with Crippen molar-refractivity contribution in [2.45, 2.75) is 18.2 Å². The van der Waals surface area contributed by atoms with Crippen molar-refractivity contribution in [3.8, 4) is 0 Å². The molecule has 1 aliphatic rings. The monoisotopic (exact) mass is 340 g/mol. The summed E-state index contributed by atoms with van der Waals surface area (Å²) in [6, 6.07) is 15.3. The molecule has 1 atom stereocenters. The number of fused-ring (bicyclic) bond motifs is 1. The van der Waals surface area contributed by atoms with Crippen LogP contribution in [0.4, 0.5) is 0 Å². The maximum Gasteiger partial charge on any atom is 0.248 e. The molecule has 1 unspecified atom stereocenters. The highest BCUT2D eigenvalue weighted by Crippen LogP contribution is 2.37. The summed E-state index contributed by atoms with van der Waals surface area (Å²) in [5, 5.41) is -0.153. The predicted molar refractivity (Wildman–Crippen MR) is 96.8 cm³/mol. The van der Waals surface area contributed by atoms with Crippen LogP contribution in [-0.4, -0.2) is 29.5 Å². The number of hydrogen-bond acceptors (Lipinski definition) is 3. The van der Waals surface area contributed by atoms with Gasteiger partial charge in [0.1, 0.15) is 5.25 Å². The summed E-state index contributed by atoms with van der Waals surface area (Å²) in [5.41, 5.74) is 9.07. The zero-order valence-corrected chi connectivity index (χ0v) is 14.4. The summed E-state index contributed by atoms with van der Waals surface area (Å²) in [6.07, 6.45) is 1.01. The normalized spacial score (nSPS) is 16.3. The Bertz CT molecular complexity index is 775. The van der Waals surface area contributed by atoms with Gasteiger partial charge in [-0.1, -0.05) is 36.4 Å². The van der Waals surface area contributed by atoms with Crippen LogP contribution in [0.15, 0.2) is 48.5 Å². The summed E-state index contributed by atoms with van der Waals surface area (Å²) in [4.78, 5) is 25.9. The summed E-state index contributed by atoms with van der Waals surface area (Å²) < 4.78 is 0. The van der Waals surface area contributed by atoms with Crippen molar-refractivity contribution in [3.63, 3.8) is 0 Å². The number of thioether (sulfide) groups is 1. The SMILES string of the molecule is CN(Cc1cccc(C(N)=O)c1)C(=O)C1SCCc2ccccc21. The average Bonchev–Trinajstić information content (AvgIpc) is 2.60. The van der Waals surface area contributed by atoms with E-state index in [1.54, 1.807) is 41.9 Å². The van der Waals surface area contributed by atoms with Gasteiger partial charge in [0.05, 0.1) is 0 Å². The van der Waals surface area contributed by atoms with E-state index in [9.17, 15) is 9.59 Å². The lowest BCUT2D eigenvalue weighted by Crippen LogP contribution is -2.32. The second-order valence-corrected chi connectivity index (χ2v) is 7.17. The fraction of sp³-hybridized carbons (Fsp3) is 0.263. The molecule has 0 saturated heterocycles. The molecule has 1 aliphatic heterocycles. The van der Waals surface area contributed by atoms with Gasteiger partial charge < -0.3 is 10.6 Å². The van der Waals surface area contributed by atoms with Gasteiger partial charge in [-0.2, -0.15) is 0 Å². The maximum absolute atomic E-state index is 12.9. The Morgan fingerprint density at radius 3 is 2.79 bits per heavy atom. The van der Waals surface area contributed by atoms with Gasteiger partial charge in [0.25, 0.3) is 0 Å². The first-order valence-corrected chi connectivity index (χ1v) is 8.94. The van der Waals surface area contributed by atoms with Crippen LogP contribution in [0.1, 0.15) is 32.3 Å². The van der Waals surface area contributed by atoms with Gasteiger partial charge >= 0.3 is 0 Å². The lowest BCUT2D eigenvalue weighted by molar-refractivity contribution is -0.130. The average molecular weight is 340 g/mol. The lowest BCUT2D eigenvalue weighted by Gasteiger charge is -2.28.